The van der Waals surface area contributed by atoms with Crippen LogP contribution < -0.4 is 4.90 Å². The van der Waals surface area contributed by atoms with Gasteiger partial charge in [0.15, 0.2) is 0 Å². The van der Waals surface area contributed by atoms with Crippen molar-refractivity contribution in [3.05, 3.63) is 59.7 Å². The van der Waals surface area contributed by atoms with E-state index in [1.54, 1.807) is 6.92 Å². The average Bonchev–Trinajstić information content (AvgIpc) is 3.08. The summed E-state index contributed by atoms with van der Waals surface area (Å²) in [4.78, 5) is 39.8. The number of hydrogen-bond donors (Lipinski definition) is 1. The van der Waals surface area contributed by atoms with Crippen LogP contribution in [0.25, 0.3) is 11.0 Å². The molecule has 1 atom stereocenters. The van der Waals surface area contributed by atoms with Crippen molar-refractivity contribution >= 4 is 28.8 Å². The van der Waals surface area contributed by atoms with E-state index in [2.05, 4.69) is 22.0 Å². The fraction of sp³-hybridized carbons (Fsp3) is 0.400. The Labute approximate surface area is 188 Å². The number of anilines is 1. The molecule has 32 heavy (non-hydrogen) atoms. The molecule has 0 radical (unpaired) electrons. The molecule has 3 heterocycles. The zero-order valence-electron chi connectivity index (χ0n) is 18.5. The zero-order chi connectivity index (χ0) is 22.1. The van der Waals surface area contributed by atoms with Gasteiger partial charge in [0.05, 0.1) is 23.5 Å². The van der Waals surface area contributed by atoms with Crippen molar-refractivity contribution in [1.82, 2.24) is 19.8 Å². The molecule has 1 fully saturated rings. The molecule has 7 heteroatoms. The summed E-state index contributed by atoms with van der Waals surface area (Å²) >= 11 is 0. The van der Waals surface area contributed by atoms with Gasteiger partial charge in [0.25, 0.3) is 0 Å². The Morgan fingerprint density at radius 2 is 1.81 bits per heavy atom. The third-order valence-electron chi connectivity index (χ3n) is 6.71. The molecule has 1 N–H and O–H groups in total. The van der Waals surface area contributed by atoms with Crippen LogP contribution in [0.2, 0.25) is 0 Å². The summed E-state index contributed by atoms with van der Waals surface area (Å²) in [5.41, 5.74) is 4.34. The quantitative estimate of drug-likeness (QED) is 0.692. The number of nitrogens with zero attached hydrogens (tertiary/aromatic N) is 4. The van der Waals surface area contributed by atoms with E-state index >= 15 is 0 Å². The monoisotopic (exact) mass is 431 g/mol. The van der Waals surface area contributed by atoms with Gasteiger partial charge in [0.1, 0.15) is 0 Å². The predicted octanol–water partition coefficient (Wildman–Crippen LogP) is 3.14. The minimum Gasteiger partial charge on any atom is -0.341 e. The maximum absolute atomic E-state index is 13.3. The second kappa shape index (κ2) is 8.65. The molecule has 1 unspecified atom stereocenters. The number of para-hydroxylation sites is 2. The van der Waals surface area contributed by atoms with E-state index in [-0.39, 0.29) is 17.9 Å². The molecule has 2 amide bonds. The Bertz CT molecular complexity index is 1110. The molecule has 1 aromatic heterocycles. The molecule has 0 aliphatic carbocycles. The highest BCUT2D eigenvalue weighted by molar-refractivity contribution is 5.80. The molecule has 166 valence electrons. The van der Waals surface area contributed by atoms with Crippen molar-refractivity contribution in [2.24, 2.45) is 0 Å². The van der Waals surface area contributed by atoms with Crippen LogP contribution in [0.3, 0.4) is 0 Å². The average molecular weight is 432 g/mol. The van der Waals surface area contributed by atoms with E-state index in [0.717, 1.165) is 55.0 Å². The van der Waals surface area contributed by atoms with Gasteiger partial charge in [-0.2, -0.15) is 0 Å². The second-order valence-electron chi connectivity index (χ2n) is 8.68. The van der Waals surface area contributed by atoms with Gasteiger partial charge in [0.2, 0.25) is 17.8 Å². The standard InChI is InChI=1S/C25H29N5O2/c1-18(31)30-14-11-19-7-2-3-8-20(19)23(30)17-24(32)28-12-6-13-29(16-15-28)25-26-21-9-4-5-10-22(21)27-25/h2-5,7-10,23H,6,11-17H2,1H3,(H,26,27). The number of aromatic nitrogens is 2. The molecular weight excluding hydrogens is 402 g/mol. The van der Waals surface area contributed by atoms with E-state index in [0.29, 0.717) is 19.5 Å². The number of imidazole rings is 1. The molecule has 7 nitrogen and oxygen atoms in total. The Hall–Kier alpha value is -3.35. The largest absolute Gasteiger partial charge is 0.341 e. The lowest BCUT2D eigenvalue weighted by atomic mass is 9.90. The van der Waals surface area contributed by atoms with Crippen molar-refractivity contribution in [2.75, 3.05) is 37.6 Å². The first-order valence-corrected chi connectivity index (χ1v) is 11.4. The molecular formula is C25H29N5O2. The van der Waals surface area contributed by atoms with E-state index in [1.807, 2.05) is 46.2 Å². The minimum absolute atomic E-state index is 0.0317. The number of amides is 2. The smallest absolute Gasteiger partial charge is 0.225 e. The predicted molar refractivity (Wildman–Crippen MR) is 124 cm³/mol. The molecule has 3 aromatic rings. The first kappa shape index (κ1) is 20.5. The summed E-state index contributed by atoms with van der Waals surface area (Å²) < 4.78 is 0. The van der Waals surface area contributed by atoms with E-state index < -0.39 is 0 Å². The number of aromatic amines is 1. The van der Waals surface area contributed by atoms with Crippen molar-refractivity contribution in [3.8, 4) is 0 Å². The van der Waals surface area contributed by atoms with Gasteiger partial charge in [-0.3, -0.25) is 9.59 Å². The third-order valence-corrected chi connectivity index (χ3v) is 6.71. The van der Waals surface area contributed by atoms with E-state index in [9.17, 15) is 9.59 Å². The first-order chi connectivity index (χ1) is 15.6. The lowest BCUT2D eigenvalue weighted by Gasteiger charge is -2.37. The lowest BCUT2D eigenvalue weighted by Crippen LogP contribution is -2.42. The number of fused-ring (bicyclic) bond motifs is 2. The highest BCUT2D eigenvalue weighted by atomic mass is 16.2. The first-order valence-electron chi connectivity index (χ1n) is 11.4. The minimum atomic E-state index is -0.181. The van der Waals surface area contributed by atoms with E-state index in [4.69, 9.17) is 4.98 Å². The Morgan fingerprint density at radius 3 is 2.66 bits per heavy atom. The van der Waals surface area contributed by atoms with Gasteiger partial charge in [-0.25, -0.2) is 4.98 Å². The lowest BCUT2D eigenvalue weighted by molar-refractivity contribution is -0.136. The summed E-state index contributed by atoms with van der Waals surface area (Å²) in [6.07, 6.45) is 2.07. The van der Waals surface area contributed by atoms with Crippen molar-refractivity contribution in [2.45, 2.75) is 32.2 Å². The summed E-state index contributed by atoms with van der Waals surface area (Å²) in [7, 11) is 0. The molecule has 5 rings (SSSR count). The van der Waals surface area contributed by atoms with Gasteiger partial charge in [0, 0.05) is 39.6 Å². The fourth-order valence-electron chi connectivity index (χ4n) is 5.01. The normalized spacial score (nSPS) is 19.0. The van der Waals surface area contributed by atoms with Gasteiger partial charge < -0.3 is 19.7 Å². The summed E-state index contributed by atoms with van der Waals surface area (Å²) in [6.45, 7) is 5.25. The number of carbonyl (C=O) groups excluding carboxylic acids is 2. The molecule has 2 aromatic carbocycles. The molecule has 0 saturated carbocycles. The van der Waals surface area contributed by atoms with Crippen molar-refractivity contribution in [3.63, 3.8) is 0 Å². The Kier molecular flexibility index (Phi) is 5.55. The molecule has 1 saturated heterocycles. The SMILES string of the molecule is CC(=O)N1CCc2ccccc2C1CC(=O)N1CCCN(c2nc3ccccc3[nH]2)CC1. The van der Waals surface area contributed by atoms with Gasteiger partial charge in [-0.05, 0) is 36.1 Å². The summed E-state index contributed by atoms with van der Waals surface area (Å²) in [6, 6.07) is 16.0. The number of carbonyl (C=O) groups is 2. The van der Waals surface area contributed by atoms with Crippen LogP contribution >= 0.6 is 0 Å². The van der Waals surface area contributed by atoms with Crippen molar-refractivity contribution in [1.29, 1.82) is 0 Å². The number of hydrogen-bond acceptors (Lipinski definition) is 4. The molecule has 0 bridgehead atoms. The van der Waals surface area contributed by atoms with Crippen LogP contribution in [-0.2, 0) is 16.0 Å². The van der Waals surface area contributed by atoms with Crippen LogP contribution in [0.15, 0.2) is 48.5 Å². The topological polar surface area (TPSA) is 72.5 Å². The number of benzene rings is 2. The summed E-state index contributed by atoms with van der Waals surface area (Å²) in [5, 5.41) is 0. The molecule has 2 aliphatic heterocycles. The molecule has 0 spiro atoms. The van der Waals surface area contributed by atoms with Crippen molar-refractivity contribution < 1.29 is 9.59 Å². The van der Waals surface area contributed by atoms with Gasteiger partial charge >= 0.3 is 0 Å². The van der Waals surface area contributed by atoms with Crippen LogP contribution in [-0.4, -0.2) is 64.3 Å². The number of H-pyrrole nitrogens is 1. The second-order valence-corrected chi connectivity index (χ2v) is 8.68. The fourth-order valence-corrected chi connectivity index (χ4v) is 5.01. The maximum atomic E-state index is 13.3. The number of nitrogens with one attached hydrogen (secondary N) is 1. The molecule has 2 aliphatic rings. The summed E-state index contributed by atoms with van der Waals surface area (Å²) in [5.74, 6) is 1.01. The highest BCUT2D eigenvalue weighted by Crippen LogP contribution is 2.33. The van der Waals surface area contributed by atoms with Gasteiger partial charge in [-0.1, -0.05) is 36.4 Å². The van der Waals surface area contributed by atoms with Gasteiger partial charge in [-0.15, -0.1) is 0 Å². The Morgan fingerprint density at radius 1 is 1.00 bits per heavy atom. The van der Waals surface area contributed by atoms with E-state index in [1.165, 1.54) is 5.56 Å². The van der Waals surface area contributed by atoms with Crippen LogP contribution in [0.4, 0.5) is 5.95 Å². The maximum Gasteiger partial charge on any atom is 0.225 e. The number of rotatable bonds is 3. The zero-order valence-corrected chi connectivity index (χ0v) is 18.5. The highest BCUT2D eigenvalue weighted by Gasteiger charge is 2.32. The Balaban J connectivity index is 1.29. The van der Waals surface area contributed by atoms with Crippen LogP contribution in [0.1, 0.15) is 36.9 Å². The third kappa shape index (κ3) is 3.95. The van der Waals surface area contributed by atoms with Crippen LogP contribution in [0.5, 0.6) is 0 Å². The van der Waals surface area contributed by atoms with Crippen LogP contribution in [0, 0.1) is 0 Å².